The van der Waals surface area contributed by atoms with E-state index in [0.717, 1.165) is 12.2 Å². The molecule has 0 heterocycles. The predicted molar refractivity (Wildman–Crippen MR) is 45.8 cm³/mol. The molecule has 0 aliphatic carbocycles. The lowest BCUT2D eigenvalue weighted by molar-refractivity contribution is -0.152. The molecule has 0 saturated heterocycles. The Bertz CT molecular complexity index is 250. The summed E-state index contributed by atoms with van der Waals surface area (Å²) in [6.07, 6.45) is 1.81. The van der Waals surface area contributed by atoms with Crippen molar-refractivity contribution in [2.75, 3.05) is 0 Å². The van der Waals surface area contributed by atoms with Crippen molar-refractivity contribution in [2.45, 2.75) is 0 Å². The molecule has 0 aliphatic heterocycles. The van der Waals surface area contributed by atoms with E-state index < -0.39 is 19.8 Å². The zero-order valence-electron chi connectivity index (χ0n) is 6.99. The molecule has 0 aliphatic rings. The van der Waals surface area contributed by atoms with Gasteiger partial charge in [0.25, 0.3) is 0 Å². The molecular weight excluding hydrogens is 215 g/mol. The molecule has 0 fully saturated rings. The van der Waals surface area contributed by atoms with Crippen molar-refractivity contribution in [3.05, 3.63) is 25.3 Å². The van der Waals surface area contributed by atoms with Crippen LogP contribution >= 0.6 is 7.82 Å². The van der Waals surface area contributed by atoms with Crippen molar-refractivity contribution in [2.24, 2.45) is 0 Å². The summed E-state index contributed by atoms with van der Waals surface area (Å²) in [5.74, 6) is -1.53. The Hall–Kier alpha value is -1.27. The lowest BCUT2D eigenvalue weighted by Crippen LogP contribution is -2.05. The first kappa shape index (κ1) is 15.2. The van der Waals surface area contributed by atoms with E-state index >= 15 is 0 Å². The van der Waals surface area contributed by atoms with Crippen LogP contribution in [0.4, 0.5) is 0 Å². The van der Waals surface area contributed by atoms with Crippen LogP contribution in [0.3, 0.4) is 0 Å². The van der Waals surface area contributed by atoms with Gasteiger partial charge in [-0.05, 0) is 0 Å². The molecule has 0 aromatic rings. The van der Waals surface area contributed by atoms with Crippen molar-refractivity contribution in [1.29, 1.82) is 0 Å². The molecule has 8 heteroatoms. The normalized spacial score (nSPS) is 9.07. The maximum absolute atomic E-state index is 10.2. The van der Waals surface area contributed by atoms with E-state index in [0.29, 0.717) is 0 Å². The molecule has 0 bridgehead atoms. The van der Waals surface area contributed by atoms with Gasteiger partial charge in [-0.25, -0.2) is 14.2 Å². The van der Waals surface area contributed by atoms with Gasteiger partial charge in [-0.2, -0.15) is 0 Å². The third-order valence-corrected chi connectivity index (χ3v) is 0.535. The molecule has 0 spiro atoms. The number of carbonyl (C=O) groups is 2. The molecular formula is C6H9O7P. The number of rotatable bonds is 2. The second-order valence-corrected chi connectivity index (χ2v) is 2.69. The van der Waals surface area contributed by atoms with E-state index in [1.807, 2.05) is 0 Å². The highest BCUT2D eigenvalue weighted by molar-refractivity contribution is 7.45. The molecule has 0 rings (SSSR count). The van der Waals surface area contributed by atoms with Gasteiger partial charge in [-0.1, -0.05) is 13.2 Å². The minimum atomic E-state index is -4.64. The van der Waals surface area contributed by atoms with Gasteiger partial charge in [0.1, 0.15) is 0 Å². The van der Waals surface area contributed by atoms with Gasteiger partial charge in [0.2, 0.25) is 0 Å². The molecule has 0 unspecified atom stereocenters. The first-order chi connectivity index (χ1) is 6.20. The third kappa shape index (κ3) is 22.4. The van der Waals surface area contributed by atoms with Crippen LogP contribution in [0.25, 0.3) is 0 Å². The van der Waals surface area contributed by atoms with E-state index in [4.69, 9.17) is 19.2 Å². The topological polar surface area (TPSA) is 121 Å². The average molecular weight is 224 g/mol. The van der Waals surface area contributed by atoms with Crippen molar-refractivity contribution >= 4 is 19.8 Å². The molecule has 0 aromatic heterocycles. The minimum Gasteiger partial charge on any atom is -0.387 e. The fraction of sp³-hybridized carbons (Fsp3) is 0. The molecule has 14 heavy (non-hydrogen) atoms. The summed E-state index contributed by atoms with van der Waals surface area (Å²) in [7, 11) is -4.64. The quantitative estimate of drug-likeness (QED) is 0.250. The molecule has 7 nitrogen and oxygen atoms in total. The molecule has 3 N–H and O–H groups in total. The van der Waals surface area contributed by atoms with Crippen LogP contribution in [-0.4, -0.2) is 26.6 Å². The standard InChI is InChI=1S/C6H6O3.H3O4P/c1-3-5(7)9-6(8)4-2;1-5(2,3)4/h3-4H,1-2H2;(H3,1,2,3,4). The monoisotopic (exact) mass is 224 g/mol. The van der Waals surface area contributed by atoms with Crippen molar-refractivity contribution < 1.29 is 33.6 Å². The summed E-state index contributed by atoms with van der Waals surface area (Å²) in [4.78, 5) is 41.9. The van der Waals surface area contributed by atoms with Crippen LogP contribution in [0.1, 0.15) is 0 Å². The van der Waals surface area contributed by atoms with Crippen LogP contribution in [0, 0.1) is 0 Å². The maximum Gasteiger partial charge on any atom is 0.466 e. The van der Waals surface area contributed by atoms with E-state index in [1.165, 1.54) is 0 Å². The Morgan fingerprint density at radius 1 is 1.07 bits per heavy atom. The first-order valence-electron chi connectivity index (χ1n) is 2.99. The fourth-order valence-electron chi connectivity index (χ4n) is 0.182. The van der Waals surface area contributed by atoms with Crippen molar-refractivity contribution in [1.82, 2.24) is 0 Å². The first-order valence-corrected chi connectivity index (χ1v) is 4.56. The highest BCUT2D eigenvalue weighted by Crippen LogP contribution is 2.25. The van der Waals surface area contributed by atoms with Gasteiger partial charge in [0, 0.05) is 12.2 Å². The Kier molecular flexibility index (Phi) is 7.78. The largest absolute Gasteiger partial charge is 0.466 e. The molecule has 80 valence electrons. The fourth-order valence-corrected chi connectivity index (χ4v) is 0.182. The number of hydrogen-bond acceptors (Lipinski definition) is 4. The summed E-state index contributed by atoms with van der Waals surface area (Å²) in [6, 6.07) is 0. The van der Waals surface area contributed by atoms with Gasteiger partial charge in [0.05, 0.1) is 0 Å². The van der Waals surface area contributed by atoms with E-state index in [2.05, 4.69) is 17.9 Å². The second kappa shape index (κ2) is 7.16. The Morgan fingerprint density at radius 2 is 1.29 bits per heavy atom. The molecule has 0 atom stereocenters. The van der Waals surface area contributed by atoms with Gasteiger partial charge in [-0.15, -0.1) is 0 Å². The minimum absolute atomic E-state index is 0.764. The van der Waals surface area contributed by atoms with Crippen LogP contribution < -0.4 is 0 Å². The lowest BCUT2D eigenvalue weighted by Gasteiger charge is -1.90. The number of hydrogen-bond donors (Lipinski definition) is 3. The smallest absolute Gasteiger partial charge is 0.387 e. The van der Waals surface area contributed by atoms with Crippen molar-refractivity contribution in [3.8, 4) is 0 Å². The van der Waals surface area contributed by atoms with Gasteiger partial charge in [0.15, 0.2) is 0 Å². The van der Waals surface area contributed by atoms with Crippen LogP contribution in [0.5, 0.6) is 0 Å². The van der Waals surface area contributed by atoms with E-state index in [1.54, 1.807) is 0 Å². The Labute approximate surface area is 79.6 Å². The number of carbonyl (C=O) groups excluding carboxylic acids is 2. The summed E-state index contributed by atoms with van der Waals surface area (Å²) in [6.45, 7) is 6.17. The molecule has 0 amide bonds. The molecule has 0 radical (unpaired) electrons. The van der Waals surface area contributed by atoms with Crippen LogP contribution in [0.2, 0.25) is 0 Å². The molecule has 0 saturated carbocycles. The van der Waals surface area contributed by atoms with Crippen molar-refractivity contribution in [3.63, 3.8) is 0 Å². The summed E-state index contributed by atoms with van der Waals surface area (Å²) >= 11 is 0. The number of esters is 2. The van der Waals surface area contributed by atoms with E-state index in [9.17, 15) is 9.59 Å². The number of phosphoric acid groups is 1. The Balaban J connectivity index is 0. The van der Waals surface area contributed by atoms with Crippen LogP contribution in [-0.2, 0) is 18.9 Å². The summed E-state index contributed by atoms with van der Waals surface area (Å²) < 4.78 is 12.9. The van der Waals surface area contributed by atoms with Gasteiger partial charge < -0.3 is 19.4 Å². The molecule has 0 aromatic carbocycles. The Morgan fingerprint density at radius 3 is 1.43 bits per heavy atom. The van der Waals surface area contributed by atoms with Gasteiger partial charge >= 0.3 is 19.8 Å². The third-order valence-electron chi connectivity index (χ3n) is 0.535. The maximum atomic E-state index is 10.2. The predicted octanol–water partition coefficient (Wildman–Crippen LogP) is -0.500. The average Bonchev–Trinajstić information content (AvgIpc) is 2.01. The summed E-state index contributed by atoms with van der Waals surface area (Å²) in [5.41, 5.74) is 0. The zero-order chi connectivity index (χ0) is 11.8. The van der Waals surface area contributed by atoms with Gasteiger partial charge in [-0.3, -0.25) is 0 Å². The summed E-state index contributed by atoms with van der Waals surface area (Å²) in [5, 5.41) is 0. The zero-order valence-corrected chi connectivity index (χ0v) is 7.89. The number of ether oxygens (including phenoxy) is 1. The lowest BCUT2D eigenvalue weighted by atomic mass is 10.6. The van der Waals surface area contributed by atoms with Crippen LogP contribution in [0.15, 0.2) is 25.3 Å². The SMILES string of the molecule is C=CC(=O)OC(=O)C=C.O=P(O)(O)O. The highest BCUT2D eigenvalue weighted by atomic mass is 31.2. The van der Waals surface area contributed by atoms with E-state index in [-0.39, 0.29) is 0 Å². The highest BCUT2D eigenvalue weighted by Gasteiger charge is 2.00. The second-order valence-electron chi connectivity index (χ2n) is 1.66.